The molecule has 0 unspecified atom stereocenters. The first-order valence-corrected chi connectivity index (χ1v) is 9.65. The van der Waals surface area contributed by atoms with Crippen molar-refractivity contribution in [3.05, 3.63) is 75.7 Å². The fraction of sp³-hybridized carbons (Fsp3) is 0.167. The van der Waals surface area contributed by atoms with E-state index in [1.807, 2.05) is 12.1 Å². The van der Waals surface area contributed by atoms with Crippen LogP contribution in [0.2, 0.25) is 0 Å². The fourth-order valence-corrected chi connectivity index (χ4v) is 4.60. The molecule has 4 rings (SSSR count). The second-order valence-electron chi connectivity index (χ2n) is 6.56. The van der Waals surface area contributed by atoms with E-state index in [4.69, 9.17) is 0 Å². The van der Waals surface area contributed by atoms with Crippen LogP contribution in [0, 0.1) is 0 Å². The molecule has 0 spiro atoms. The van der Waals surface area contributed by atoms with Crippen molar-refractivity contribution in [3.63, 3.8) is 0 Å². The van der Waals surface area contributed by atoms with Gasteiger partial charge in [-0.25, -0.2) is 0 Å². The number of hydrogen-bond donors (Lipinski definition) is 0. The third kappa shape index (κ3) is 2.43. The molecule has 7 heteroatoms. The minimum Gasteiger partial charge on any atom is -0.389 e. The van der Waals surface area contributed by atoms with Gasteiger partial charge in [-0.05, 0) is 45.1 Å². The van der Waals surface area contributed by atoms with Crippen molar-refractivity contribution < 1.29 is 13.1 Å². The smallest absolute Gasteiger partial charge is 0.389 e. The van der Waals surface area contributed by atoms with Gasteiger partial charge in [-0.2, -0.15) is 0 Å². The van der Waals surface area contributed by atoms with E-state index in [0.29, 0.717) is 26.5 Å². The molecule has 25 heavy (non-hydrogen) atoms. The lowest BCUT2D eigenvalue weighted by molar-refractivity contribution is -0.358. The van der Waals surface area contributed by atoms with Gasteiger partial charge in [0, 0.05) is 33.8 Å². The number of nitrogens with zero attached hydrogens (tertiary/aromatic N) is 2. The molecule has 0 amide bonds. The predicted molar refractivity (Wildman–Crippen MR) is 105 cm³/mol. The summed E-state index contributed by atoms with van der Waals surface area (Å²) in [6.07, 6.45) is 3.42. The van der Waals surface area contributed by atoms with Gasteiger partial charge in [0.25, 0.3) is 0 Å². The number of hydrogen-bond acceptors (Lipinski definition) is 0. The van der Waals surface area contributed by atoms with Crippen molar-refractivity contribution >= 4 is 49.0 Å². The van der Waals surface area contributed by atoms with Crippen LogP contribution in [0.1, 0.15) is 36.6 Å². The standard InChI is InChI=1S/C18H15BBr2F2N2/c1-11(2)12-3-5-13(6-4-12)18-14-7-9-16(20)24(14)19(22,23)25-15(18)8-10-17(25)21/h3-11H,1-2H3. The van der Waals surface area contributed by atoms with Crippen molar-refractivity contribution in [2.24, 2.45) is 0 Å². The SMILES string of the molecule is CC(C)c1ccc(C2=C3C=CC(Br)=[N+]3[B-](F)(F)n3c(Br)ccc32)cc1. The number of aromatic nitrogens is 1. The molecule has 0 saturated carbocycles. The van der Waals surface area contributed by atoms with Gasteiger partial charge in [-0.15, -0.1) is 0 Å². The monoisotopic (exact) mass is 466 g/mol. The molecule has 0 radical (unpaired) electrons. The maximum atomic E-state index is 15.2. The second kappa shape index (κ2) is 5.78. The summed E-state index contributed by atoms with van der Waals surface area (Å²) in [5, 5.41) is 0. The summed E-state index contributed by atoms with van der Waals surface area (Å²) < 4.78 is 33.2. The lowest BCUT2D eigenvalue weighted by Crippen LogP contribution is -2.50. The molecule has 0 atom stereocenters. The molecule has 0 bridgehead atoms. The first-order chi connectivity index (χ1) is 11.8. The molecule has 2 aliphatic rings. The zero-order valence-electron chi connectivity index (χ0n) is 13.7. The Morgan fingerprint density at radius 2 is 1.68 bits per heavy atom. The fourth-order valence-electron chi connectivity index (χ4n) is 3.46. The molecule has 2 aliphatic heterocycles. The Labute approximate surface area is 161 Å². The molecule has 128 valence electrons. The Morgan fingerprint density at radius 3 is 2.32 bits per heavy atom. The van der Waals surface area contributed by atoms with E-state index in [2.05, 4.69) is 57.8 Å². The van der Waals surface area contributed by atoms with Crippen molar-refractivity contribution in [2.45, 2.75) is 19.8 Å². The van der Waals surface area contributed by atoms with Crippen LogP contribution in [0.15, 0.2) is 58.9 Å². The van der Waals surface area contributed by atoms with Crippen LogP contribution in [0.4, 0.5) is 8.63 Å². The van der Waals surface area contributed by atoms with E-state index in [1.54, 1.807) is 24.3 Å². The molecule has 1 aromatic heterocycles. The highest BCUT2D eigenvalue weighted by Gasteiger charge is 2.54. The van der Waals surface area contributed by atoms with Crippen LogP contribution in [-0.4, -0.2) is 20.6 Å². The molecule has 0 fully saturated rings. The van der Waals surface area contributed by atoms with Crippen LogP contribution in [0.3, 0.4) is 0 Å². The summed E-state index contributed by atoms with van der Waals surface area (Å²) in [7, 11) is 0. The number of fused-ring (bicyclic) bond motifs is 2. The van der Waals surface area contributed by atoms with Gasteiger partial charge >= 0.3 is 6.97 Å². The Bertz CT molecular complexity index is 969. The second-order valence-corrected chi connectivity index (χ2v) is 8.19. The molecule has 0 N–H and O–H groups in total. The van der Waals surface area contributed by atoms with Crippen molar-refractivity contribution in [1.82, 2.24) is 4.48 Å². The Balaban J connectivity index is 2.00. The van der Waals surface area contributed by atoms with E-state index in [0.717, 1.165) is 20.1 Å². The molecule has 2 nitrogen and oxygen atoms in total. The van der Waals surface area contributed by atoms with Gasteiger partial charge in [0.05, 0.1) is 10.2 Å². The molecule has 0 aliphatic carbocycles. The van der Waals surface area contributed by atoms with Gasteiger partial charge in [0.15, 0.2) is 5.70 Å². The van der Waals surface area contributed by atoms with Crippen molar-refractivity contribution in [3.8, 4) is 0 Å². The number of rotatable bonds is 2. The molecule has 1 aromatic carbocycles. The lowest BCUT2D eigenvalue weighted by atomic mass is 9.86. The quantitative estimate of drug-likeness (QED) is 0.497. The highest BCUT2D eigenvalue weighted by molar-refractivity contribution is 9.18. The van der Waals surface area contributed by atoms with Crippen LogP contribution in [-0.2, 0) is 0 Å². The van der Waals surface area contributed by atoms with E-state index >= 15 is 8.63 Å². The van der Waals surface area contributed by atoms with Crippen molar-refractivity contribution in [1.29, 1.82) is 0 Å². The van der Waals surface area contributed by atoms with Crippen LogP contribution in [0.5, 0.6) is 0 Å². The number of halogens is 4. The summed E-state index contributed by atoms with van der Waals surface area (Å²) >= 11 is 6.56. The first-order valence-electron chi connectivity index (χ1n) is 8.06. The number of allylic oxidation sites excluding steroid dienone is 2. The highest BCUT2D eigenvalue weighted by atomic mass is 79.9. The molecule has 0 saturated heterocycles. The van der Waals surface area contributed by atoms with Crippen LogP contribution >= 0.6 is 31.9 Å². The maximum Gasteiger partial charge on any atom is 0.738 e. The molecule has 2 aromatic rings. The normalized spacial score (nSPS) is 18.2. The Kier molecular flexibility index (Phi) is 3.92. The first kappa shape index (κ1) is 17.0. The lowest BCUT2D eigenvalue weighted by Gasteiger charge is -2.32. The minimum absolute atomic E-state index is 0.370. The summed E-state index contributed by atoms with van der Waals surface area (Å²) in [4.78, 5) is 0. The van der Waals surface area contributed by atoms with Gasteiger partial charge < -0.3 is 17.6 Å². The van der Waals surface area contributed by atoms with E-state index in [9.17, 15) is 0 Å². The zero-order valence-corrected chi connectivity index (χ0v) is 16.9. The van der Waals surface area contributed by atoms with Gasteiger partial charge in [-0.1, -0.05) is 38.1 Å². The summed E-state index contributed by atoms with van der Waals surface area (Å²) in [6, 6.07) is 11.6. The minimum atomic E-state index is -3.96. The van der Waals surface area contributed by atoms with Crippen LogP contribution in [0.25, 0.3) is 5.57 Å². The molecular formula is C18H15BBr2F2N2. The third-order valence-corrected chi connectivity index (χ3v) is 6.03. The van der Waals surface area contributed by atoms with E-state index in [-0.39, 0.29) is 0 Å². The summed E-state index contributed by atoms with van der Waals surface area (Å²) in [5.74, 6) is 0.425. The maximum absolute atomic E-state index is 15.2. The largest absolute Gasteiger partial charge is 0.738 e. The van der Waals surface area contributed by atoms with E-state index in [1.165, 1.54) is 5.56 Å². The summed E-state index contributed by atoms with van der Waals surface area (Å²) in [6.45, 7) is 0.306. The van der Waals surface area contributed by atoms with Crippen LogP contribution < -0.4 is 0 Å². The molecular weight excluding hydrogens is 453 g/mol. The van der Waals surface area contributed by atoms with Gasteiger partial charge in [-0.3, -0.25) is 0 Å². The molecule has 3 heterocycles. The predicted octanol–water partition coefficient (Wildman–Crippen LogP) is 5.75. The van der Waals surface area contributed by atoms with E-state index < -0.39 is 6.97 Å². The highest BCUT2D eigenvalue weighted by Crippen LogP contribution is 2.42. The average molecular weight is 468 g/mol. The average Bonchev–Trinajstić information content (AvgIpc) is 3.13. The van der Waals surface area contributed by atoms with Gasteiger partial charge in [0.2, 0.25) is 4.62 Å². The Morgan fingerprint density at radius 1 is 1.00 bits per heavy atom. The van der Waals surface area contributed by atoms with Crippen molar-refractivity contribution in [2.75, 3.05) is 0 Å². The third-order valence-electron chi connectivity index (χ3n) is 4.74. The number of benzene rings is 1. The van der Waals surface area contributed by atoms with Gasteiger partial charge in [0.1, 0.15) is 0 Å². The topological polar surface area (TPSA) is 7.94 Å². The summed E-state index contributed by atoms with van der Waals surface area (Å²) in [5.41, 5.74) is 4.00. The zero-order chi connectivity index (χ0) is 17.9. The Hall–Kier alpha value is -1.47.